The fraction of sp³-hybridized carbons (Fsp3) is 0.429. The molecule has 1 aromatic carbocycles. The molecule has 1 saturated heterocycles. The predicted octanol–water partition coefficient (Wildman–Crippen LogP) is 3.01. The number of hydrogen-bond acceptors (Lipinski definition) is 9. The topological polar surface area (TPSA) is 95.1 Å². The molecule has 3 N–H and O–H groups in total. The Labute approximate surface area is 190 Å². The van der Waals surface area contributed by atoms with Crippen LogP contribution in [0, 0.1) is 5.92 Å². The van der Waals surface area contributed by atoms with Crippen molar-refractivity contribution in [3.8, 4) is 0 Å². The Morgan fingerprint density at radius 3 is 2.71 bits per heavy atom. The van der Waals surface area contributed by atoms with Crippen molar-refractivity contribution in [2.45, 2.75) is 11.8 Å². The van der Waals surface area contributed by atoms with Crippen molar-refractivity contribution < 1.29 is 4.79 Å². The van der Waals surface area contributed by atoms with E-state index >= 15 is 0 Å². The van der Waals surface area contributed by atoms with Crippen molar-refractivity contribution >= 4 is 50.3 Å². The van der Waals surface area contributed by atoms with Gasteiger partial charge in [0.05, 0.1) is 10.2 Å². The monoisotopic (exact) mass is 457 g/mol. The summed E-state index contributed by atoms with van der Waals surface area (Å²) in [6.45, 7) is 6.92. The minimum absolute atomic E-state index is 0.0961. The van der Waals surface area contributed by atoms with Crippen LogP contribution in [-0.2, 0) is 0 Å². The molecule has 10 heteroatoms. The lowest BCUT2D eigenvalue weighted by molar-refractivity contribution is 0.0736. The van der Waals surface area contributed by atoms with Crippen molar-refractivity contribution in [3.05, 3.63) is 36.2 Å². The van der Waals surface area contributed by atoms with Crippen molar-refractivity contribution in [1.82, 2.24) is 25.2 Å². The first-order valence-corrected chi connectivity index (χ1v) is 12.4. The standard InChI is InChI=1S/C21H27N7OS2/c1-14(10-23-20-24-12-16(30-2)13-25-20)11-26-21-27-17-4-3-15(9-18(17)31-21)19(29)28-7-5-22-6-8-28/h3-4,9,12-14,22H,5-8,10-11H2,1-2H3,(H,26,27)(H,23,24,25)/t14-/m0/s1. The molecule has 1 aliphatic heterocycles. The van der Waals surface area contributed by atoms with Gasteiger partial charge in [0, 0.05) is 62.1 Å². The molecule has 0 saturated carbocycles. The van der Waals surface area contributed by atoms with Crippen molar-refractivity contribution in [1.29, 1.82) is 0 Å². The molecule has 1 aliphatic rings. The third-order valence-electron chi connectivity index (χ3n) is 5.11. The number of anilines is 2. The number of carbonyl (C=O) groups excluding carboxylic acids is 1. The minimum atomic E-state index is 0.0961. The van der Waals surface area contributed by atoms with Crippen molar-refractivity contribution in [2.75, 3.05) is 56.2 Å². The molecule has 1 atom stereocenters. The number of amides is 1. The first kappa shape index (κ1) is 21.8. The van der Waals surface area contributed by atoms with E-state index in [-0.39, 0.29) is 5.91 Å². The van der Waals surface area contributed by atoms with Crippen LogP contribution in [0.4, 0.5) is 11.1 Å². The molecule has 0 radical (unpaired) electrons. The molecule has 31 heavy (non-hydrogen) atoms. The number of fused-ring (bicyclic) bond motifs is 1. The Bertz CT molecular complexity index is 1020. The van der Waals surface area contributed by atoms with Crippen LogP contribution in [0.25, 0.3) is 10.2 Å². The van der Waals surface area contributed by atoms with Crippen LogP contribution < -0.4 is 16.0 Å². The summed E-state index contributed by atoms with van der Waals surface area (Å²) < 4.78 is 1.02. The largest absolute Gasteiger partial charge is 0.361 e. The van der Waals surface area contributed by atoms with Gasteiger partial charge in [-0.05, 0) is 30.4 Å². The SMILES string of the molecule is CSc1cnc(NC[C@H](C)CNc2nc3ccc(C(=O)N4CCNCC4)cc3s2)nc1. The van der Waals surface area contributed by atoms with Crippen LogP contribution in [0.5, 0.6) is 0 Å². The zero-order valence-electron chi connectivity index (χ0n) is 17.7. The van der Waals surface area contributed by atoms with Gasteiger partial charge in [0.15, 0.2) is 5.13 Å². The average molecular weight is 458 g/mol. The number of aromatic nitrogens is 3. The number of benzene rings is 1. The third-order valence-corrected chi connectivity index (χ3v) is 6.77. The van der Waals surface area contributed by atoms with Crippen LogP contribution in [0.1, 0.15) is 17.3 Å². The van der Waals surface area contributed by atoms with E-state index in [1.165, 1.54) is 0 Å². The molecule has 8 nitrogen and oxygen atoms in total. The maximum Gasteiger partial charge on any atom is 0.253 e. The second-order valence-electron chi connectivity index (χ2n) is 7.56. The highest BCUT2D eigenvalue weighted by molar-refractivity contribution is 7.98. The normalized spacial score (nSPS) is 15.1. The molecule has 3 heterocycles. The Morgan fingerprint density at radius 1 is 1.23 bits per heavy atom. The van der Waals surface area contributed by atoms with Crippen molar-refractivity contribution in [2.24, 2.45) is 5.92 Å². The summed E-state index contributed by atoms with van der Waals surface area (Å²) in [5.74, 6) is 1.10. The summed E-state index contributed by atoms with van der Waals surface area (Å²) in [4.78, 5) is 29.0. The zero-order chi connectivity index (χ0) is 21.6. The summed E-state index contributed by atoms with van der Waals surface area (Å²) in [7, 11) is 0. The molecule has 0 aliphatic carbocycles. The van der Waals surface area contributed by atoms with E-state index in [0.29, 0.717) is 11.9 Å². The lowest BCUT2D eigenvalue weighted by Gasteiger charge is -2.27. The molecule has 0 spiro atoms. The number of carbonyl (C=O) groups is 1. The molecular weight excluding hydrogens is 430 g/mol. The quantitative estimate of drug-likeness (QED) is 0.445. The van der Waals surface area contributed by atoms with Gasteiger partial charge in [0.1, 0.15) is 0 Å². The van der Waals surface area contributed by atoms with E-state index in [9.17, 15) is 4.79 Å². The maximum absolute atomic E-state index is 12.7. The lowest BCUT2D eigenvalue weighted by atomic mass is 10.2. The smallest absolute Gasteiger partial charge is 0.253 e. The number of nitrogens with one attached hydrogen (secondary N) is 3. The van der Waals surface area contributed by atoms with Crippen LogP contribution in [0.15, 0.2) is 35.5 Å². The number of thiazole rings is 1. The summed E-state index contributed by atoms with van der Waals surface area (Å²) in [5, 5.41) is 10.8. The molecule has 4 rings (SSSR count). The highest BCUT2D eigenvalue weighted by Crippen LogP contribution is 2.27. The highest BCUT2D eigenvalue weighted by Gasteiger charge is 2.18. The minimum Gasteiger partial charge on any atom is -0.361 e. The molecule has 1 amide bonds. The van der Waals surface area contributed by atoms with Gasteiger partial charge >= 0.3 is 0 Å². The van der Waals surface area contributed by atoms with Gasteiger partial charge in [-0.3, -0.25) is 4.79 Å². The summed E-state index contributed by atoms with van der Waals surface area (Å²) in [6.07, 6.45) is 5.66. The average Bonchev–Trinajstić information content (AvgIpc) is 3.24. The van der Waals surface area contributed by atoms with Gasteiger partial charge in [-0.15, -0.1) is 11.8 Å². The summed E-state index contributed by atoms with van der Waals surface area (Å²) in [5.41, 5.74) is 1.65. The van der Waals surface area contributed by atoms with E-state index in [4.69, 9.17) is 0 Å². The fourth-order valence-corrected chi connectivity index (χ4v) is 4.52. The summed E-state index contributed by atoms with van der Waals surface area (Å²) in [6, 6.07) is 5.78. The molecular formula is C21H27N7OS2. The number of thioether (sulfide) groups is 1. The zero-order valence-corrected chi connectivity index (χ0v) is 19.4. The van der Waals surface area contributed by atoms with Gasteiger partial charge < -0.3 is 20.9 Å². The van der Waals surface area contributed by atoms with E-state index in [0.717, 1.165) is 65.1 Å². The van der Waals surface area contributed by atoms with E-state index in [1.54, 1.807) is 23.1 Å². The first-order chi connectivity index (χ1) is 15.1. The van der Waals surface area contributed by atoms with Crippen LogP contribution >= 0.6 is 23.1 Å². The third kappa shape index (κ3) is 5.63. The Hall–Kier alpha value is -2.43. The van der Waals surface area contributed by atoms with Crippen LogP contribution in [0.2, 0.25) is 0 Å². The van der Waals surface area contributed by atoms with Gasteiger partial charge in [0.2, 0.25) is 5.95 Å². The van der Waals surface area contributed by atoms with E-state index in [1.807, 2.05) is 41.7 Å². The van der Waals surface area contributed by atoms with Gasteiger partial charge in [0.25, 0.3) is 5.91 Å². The number of hydrogen-bond donors (Lipinski definition) is 3. The molecule has 1 fully saturated rings. The Morgan fingerprint density at radius 2 is 1.97 bits per heavy atom. The Balaban J connectivity index is 1.31. The van der Waals surface area contributed by atoms with Crippen LogP contribution in [0.3, 0.4) is 0 Å². The second kappa shape index (κ2) is 10.3. The maximum atomic E-state index is 12.7. The summed E-state index contributed by atoms with van der Waals surface area (Å²) >= 11 is 3.21. The van der Waals surface area contributed by atoms with Gasteiger partial charge in [-0.2, -0.15) is 0 Å². The van der Waals surface area contributed by atoms with Gasteiger partial charge in [-0.25, -0.2) is 15.0 Å². The van der Waals surface area contributed by atoms with Crippen LogP contribution in [-0.4, -0.2) is 71.3 Å². The van der Waals surface area contributed by atoms with E-state index in [2.05, 4.69) is 37.8 Å². The number of rotatable bonds is 8. The fourth-order valence-electron chi connectivity index (χ4n) is 3.30. The Kier molecular flexibility index (Phi) is 7.21. The lowest BCUT2D eigenvalue weighted by Crippen LogP contribution is -2.46. The molecule has 2 aromatic heterocycles. The van der Waals surface area contributed by atoms with Gasteiger partial charge in [-0.1, -0.05) is 18.3 Å². The molecule has 0 bridgehead atoms. The number of piperazine rings is 1. The molecule has 0 unspecified atom stereocenters. The highest BCUT2D eigenvalue weighted by atomic mass is 32.2. The molecule has 3 aromatic rings. The second-order valence-corrected chi connectivity index (χ2v) is 9.47. The first-order valence-electron chi connectivity index (χ1n) is 10.4. The predicted molar refractivity (Wildman–Crippen MR) is 128 cm³/mol. The molecule has 164 valence electrons. The van der Waals surface area contributed by atoms with Crippen molar-refractivity contribution in [3.63, 3.8) is 0 Å². The number of nitrogens with zero attached hydrogens (tertiary/aromatic N) is 4. The van der Waals surface area contributed by atoms with E-state index < -0.39 is 0 Å².